The molecule has 0 aliphatic heterocycles. The Morgan fingerprint density at radius 2 is 2.67 bits per heavy atom. The van der Waals surface area contributed by atoms with E-state index in [2.05, 4.69) is 32.6 Å². The van der Waals surface area contributed by atoms with Crippen LogP contribution in [-0.2, 0) is 0 Å². The second-order valence-corrected chi connectivity index (χ2v) is 1.98. The number of aromatic nitrogens is 3. The van der Waals surface area contributed by atoms with Crippen LogP contribution in [0, 0.1) is 0 Å². The van der Waals surface area contributed by atoms with E-state index in [1.54, 1.807) is 6.08 Å². The van der Waals surface area contributed by atoms with Gasteiger partial charge in [0.05, 0.1) is 6.20 Å². The van der Waals surface area contributed by atoms with Gasteiger partial charge in [0.2, 0.25) is 0 Å². The maximum Gasteiger partial charge on any atom is 0.320 e. The van der Waals surface area contributed by atoms with E-state index in [0.717, 1.165) is 0 Å². The molecule has 0 radical (unpaired) electrons. The molecule has 0 aliphatic carbocycles. The van der Waals surface area contributed by atoms with Crippen LogP contribution in [-0.4, -0.2) is 28.0 Å². The van der Waals surface area contributed by atoms with Gasteiger partial charge in [0, 0.05) is 6.54 Å². The third-order valence-electron chi connectivity index (χ3n) is 1.06. The Kier molecular flexibility index (Phi) is 2.83. The van der Waals surface area contributed by atoms with Crippen molar-refractivity contribution in [1.82, 2.24) is 20.7 Å². The Bertz CT molecular complexity index is 255. The third kappa shape index (κ3) is 2.41. The normalized spacial score (nSPS) is 9.00. The molecule has 2 amide bonds. The average Bonchev–Trinajstić information content (AvgIpc) is 2.53. The fourth-order valence-electron chi connectivity index (χ4n) is 0.587. The Morgan fingerprint density at radius 3 is 3.25 bits per heavy atom. The number of hydrogen-bond acceptors (Lipinski definition) is 3. The minimum absolute atomic E-state index is 0.330. The number of carbonyl (C=O) groups is 1. The van der Waals surface area contributed by atoms with E-state index in [9.17, 15) is 4.79 Å². The molecule has 12 heavy (non-hydrogen) atoms. The van der Waals surface area contributed by atoms with Gasteiger partial charge in [0.15, 0.2) is 5.82 Å². The van der Waals surface area contributed by atoms with Crippen LogP contribution in [0.15, 0.2) is 18.9 Å². The fraction of sp³-hybridized carbons (Fsp3) is 0.167. The van der Waals surface area contributed by atoms with Crippen LogP contribution in [0.25, 0.3) is 0 Å². The van der Waals surface area contributed by atoms with E-state index >= 15 is 0 Å². The second-order valence-electron chi connectivity index (χ2n) is 1.98. The van der Waals surface area contributed by atoms with E-state index in [4.69, 9.17) is 0 Å². The van der Waals surface area contributed by atoms with Gasteiger partial charge in [-0.05, 0) is 0 Å². The Balaban J connectivity index is 2.32. The molecular weight excluding hydrogens is 158 g/mol. The maximum atomic E-state index is 10.9. The first kappa shape index (κ1) is 8.25. The van der Waals surface area contributed by atoms with Crippen molar-refractivity contribution in [3.05, 3.63) is 18.9 Å². The minimum atomic E-state index is -0.330. The molecule has 0 bridgehead atoms. The van der Waals surface area contributed by atoms with Gasteiger partial charge in [0.1, 0.15) is 0 Å². The molecule has 1 heterocycles. The molecule has 1 aromatic heterocycles. The smallest absolute Gasteiger partial charge is 0.320 e. The largest absolute Gasteiger partial charge is 0.334 e. The topological polar surface area (TPSA) is 82.7 Å². The second kappa shape index (κ2) is 4.12. The van der Waals surface area contributed by atoms with Crippen molar-refractivity contribution >= 4 is 11.8 Å². The Hall–Kier alpha value is -1.85. The highest BCUT2D eigenvalue weighted by Gasteiger charge is 2.00. The Labute approximate surface area is 69.0 Å². The summed E-state index contributed by atoms with van der Waals surface area (Å²) in [4.78, 5) is 10.9. The lowest BCUT2D eigenvalue weighted by Crippen LogP contribution is -2.28. The molecule has 6 nitrogen and oxygen atoms in total. The van der Waals surface area contributed by atoms with Gasteiger partial charge >= 0.3 is 6.03 Å². The molecule has 0 spiro atoms. The van der Waals surface area contributed by atoms with E-state index in [-0.39, 0.29) is 6.03 Å². The van der Waals surface area contributed by atoms with Gasteiger partial charge < -0.3 is 5.32 Å². The Morgan fingerprint density at radius 1 is 1.83 bits per heavy atom. The van der Waals surface area contributed by atoms with Crippen molar-refractivity contribution in [3.63, 3.8) is 0 Å². The van der Waals surface area contributed by atoms with Gasteiger partial charge in [0.25, 0.3) is 0 Å². The van der Waals surface area contributed by atoms with Crippen LogP contribution in [0.1, 0.15) is 0 Å². The monoisotopic (exact) mass is 167 g/mol. The third-order valence-corrected chi connectivity index (χ3v) is 1.06. The summed E-state index contributed by atoms with van der Waals surface area (Å²) in [5.74, 6) is 0.386. The summed E-state index contributed by atoms with van der Waals surface area (Å²) < 4.78 is 0. The number of hydrogen-bond donors (Lipinski definition) is 3. The van der Waals surface area contributed by atoms with Gasteiger partial charge in [-0.2, -0.15) is 10.3 Å². The molecule has 0 aromatic carbocycles. The molecule has 1 aromatic rings. The number of carbonyl (C=O) groups excluding carboxylic acids is 1. The van der Waals surface area contributed by atoms with E-state index in [0.29, 0.717) is 12.4 Å². The lowest BCUT2D eigenvalue weighted by molar-refractivity contribution is 0.253. The number of nitrogens with zero attached hydrogens (tertiary/aromatic N) is 2. The summed E-state index contributed by atoms with van der Waals surface area (Å²) in [6.45, 7) is 3.87. The van der Waals surface area contributed by atoms with Crippen LogP contribution < -0.4 is 10.6 Å². The number of urea groups is 1. The van der Waals surface area contributed by atoms with Crippen LogP contribution >= 0.6 is 0 Å². The number of H-pyrrole nitrogens is 1. The van der Waals surface area contributed by atoms with E-state index in [1.807, 2.05) is 0 Å². The van der Waals surface area contributed by atoms with Crippen molar-refractivity contribution < 1.29 is 4.79 Å². The van der Waals surface area contributed by atoms with Crippen LogP contribution in [0.3, 0.4) is 0 Å². The van der Waals surface area contributed by atoms with Gasteiger partial charge in [-0.3, -0.25) is 5.32 Å². The lowest BCUT2D eigenvalue weighted by Gasteiger charge is -2.00. The minimum Gasteiger partial charge on any atom is -0.334 e. The van der Waals surface area contributed by atoms with E-state index < -0.39 is 0 Å². The molecule has 0 unspecified atom stereocenters. The average molecular weight is 167 g/mol. The number of anilines is 1. The quantitative estimate of drug-likeness (QED) is 0.559. The molecule has 0 atom stereocenters. The van der Waals surface area contributed by atoms with E-state index in [1.165, 1.54) is 6.20 Å². The number of amides is 2. The predicted molar refractivity (Wildman–Crippen MR) is 43.6 cm³/mol. The first-order valence-corrected chi connectivity index (χ1v) is 3.34. The van der Waals surface area contributed by atoms with Crippen molar-refractivity contribution in [1.29, 1.82) is 0 Å². The molecule has 0 aliphatic rings. The highest BCUT2D eigenvalue weighted by molar-refractivity contribution is 5.87. The molecule has 0 saturated heterocycles. The highest BCUT2D eigenvalue weighted by Crippen LogP contribution is 1.93. The molecule has 3 N–H and O–H groups in total. The standard InChI is InChI=1S/C6H9N5O/c1-2-3-7-6(12)9-5-4-8-11-10-5/h2,4H,1,3H2,(H3,7,8,9,10,11,12). The highest BCUT2D eigenvalue weighted by atomic mass is 16.2. The van der Waals surface area contributed by atoms with Crippen LogP contribution in [0.2, 0.25) is 0 Å². The first-order valence-electron chi connectivity index (χ1n) is 3.34. The van der Waals surface area contributed by atoms with Crippen molar-refractivity contribution in [2.24, 2.45) is 0 Å². The molecule has 0 saturated carbocycles. The van der Waals surface area contributed by atoms with Crippen LogP contribution in [0.5, 0.6) is 0 Å². The molecule has 64 valence electrons. The summed E-state index contributed by atoms with van der Waals surface area (Å²) in [5.41, 5.74) is 0. The molecule has 1 rings (SSSR count). The number of aromatic amines is 1. The summed E-state index contributed by atoms with van der Waals surface area (Å²) in [6, 6.07) is -0.330. The zero-order valence-corrected chi connectivity index (χ0v) is 6.37. The summed E-state index contributed by atoms with van der Waals surface area (Å²) in [6.07, 6.45) is 3.00. The fourth-order valence-corrected chi connectivity index (χ4v) is 0.587. The molecular formula is C6H9N5O. The number of rotatable bonds is 3. The summed E-state index contributed by atoms with van der Waals surface area (Å²) >= 11 is 0. The van der Waals surface area contributed by atoms with Crippen LogP contribution in [0.4, 0.5) is 10.6 Å². The molecule has 6 heteroatoms. The summed E-state index contributed by atoms with van der Waals surface area (Å²) in [5, 5.41) is 14.5. The lowest BCUT2D eigenvalue weighted by atomic mass is 10.6. The summed E-state index contributed by atoms with van der Waals surface area (Å²) in [7, 11) is 0. The van der Waals surface area contributed by atoms with Crippen molar-refractivity contribution in [3.8, 4) is 0 Å². The predicted octanol–water partition coefficient (Wildman–Crippen LogP) is 0.112. The zero-order chi connectivity index (χ0) is 8.81. The maximum absolute atomic E-state index is 10.9. The molecule has 0 fully saturated rings. The van der Waals surface area contributed by atoms with Crippen molar-refractivity contribution in [2.75, 3.05) is 11.9 Å². The number of nitrogens with one attached hydrogen (secondary N) is 3. The van der Waals surface area contributed by atoms with Gasteiger partial charge in [-0.15, -0.1) is 11.7 Å². The first-order chi connectivity index (χ1) is 5.83. The zero-order valence-electron chi connectivity index (χ0n) is 6.37. The van der Waals surface area contributed by atoms with Gasteiger partial charge in [-0.25, -0.2) is 4.79 Å². The SMILES string of the molecule is C=CCNC(=O)Nc1cn[nH]n1. The van der Waals surface area contributed by atoms with Gasteiger partial charge in [-0.1, -0.05) is 6.08 Å². The van der Waals surface area contributed by atoms with Crippen molar-refractivity contribution in [2.45, 2.75) is 0 Å².